The molecule has 4 rings (SSSR count). The van der Waals surface area contributed by atoms with Gasteiger partial charge >= 0.3 is 0 Å². The van der Waals surface area contributed by atoms with Gasteiger partial charge in [0.1, 0.15) is 12.4 Å². The highest BCUT2D eigenvalue weighted by atomic mass is 32.1. The van der Waals surface area contributed by atoms with Crippen molar-refractivity contribution in [1.29, 1.82) is 0 Å². The minimum atomic E-state index is -0.148. The van der Waals surface area contributed by atoms with Crippen LogP contribution in [-0.2, 0) is 6.61 Å². The Labute approximate surface area is 148 Å². The van der Waals surface area contributed by atoms with Gasteiger partial charge in [-0.25, -0.2) is 0 Å². The molecule has 0 bridgehead atoms. The molecule has 25 heavy (non-hydrogen) atoms. The largest absolute Gasteiger partial charge is 0.489 e. The molecule has 126 valence electrons. The number of aromatic nitrogens is 1. The molecule has 0 spiro atoms. The number of fused-ring (bicyclic) bond motifs is 1. The van der Waals surface area contributed by atoms with E-state index in [1.54, 1.807) is 30.6 Å². The maximum absolute atomic E-state index is 12.2. The van der Waals surface area contributed by atoms with Crippen molar-refractivity contribution in [2.24, 2.45) is 0 Å². The lowest BCUT2D eigenvalue weighted by Crippen LogP contribution is -2.10. The predicted octanol–water partition coefficient (Wildman–Crippen LogP) is 3.70. The van der Waals surface area contributed by atoms with E-state index in [1.807, 2.05) is 23.6 Å². The monoisotopic (exact) mass is 354 g/mol. The highest BCUT2D eigenvalue weighted by molar-refractivity contribution is 7.12. The van der Waals surface area contributed by atoms with Crippen LogP contribution in [0.1, 0.15) is 15.2 Å². The number of nitrogens with one attached hydrogen (secondary N) is 1. The van der Waals surface area contributed by atoms with Gasteiger partial charge in [-0.3, -0.25) is 9.78 Å². The van der Waals surface area contributed by atoms with Gasteiger partial charge in [-0.1, -0.05) is 0 Å². The molecule has 7 heteroatoms. The van der Waals surface area contributed by atoms with Crippen molar-refractivity contribution in [3.63, 3.8) is 0 Å². The molecule has 1 aliphatic heterocycles. The van der Waals surface area contributed by atoms with Gasteiger partial charge in [0.05, 0.1) is 4.88 Å². The van der Waals surface area contributed by atoms with E-state index in [1.165, 1.54) is 11.3 Å². The molecule has 0 saturated heterocycles. The summed E-state index contributed by atoms with van der Waals surface area (Å²) in [4.78, 5) is 16.8. The Morgan fingerprint density at radius 1 is 1.16 bits per heavy atom. The van der Waals surface area contributed by atoms with Gasteiger partial charge in [0.2, 0.25) is 6.79 Å². The molecule has 1 aromatic carbocycles. The third-order valence-electron chi connectivity index (χ3n) is 3.57. The minimum Gasteiger partial charge on any atom is -0.489 e. The number of carbonyl (C=O) groups is 1. The Kier molecular flexibility index (Phi) is 4.22. The highest BCUT2D eigenvalue weighted by Gasteiger charge is 2.14. The average molecular weight is 354 g/mol. The van der Waals surface area contributed by atoms with Crippen molar-refractivity contribution < 1.29 is 19.0 Å². The summed E-state index contributed by atoms with van der Waals surface area (Å²) in [6.45, 7) is 0.609. The lowest BCUT2D eigenvalue weighted by molar-refractivity contribution is 0.103. The molecular weight excluding hydrogens is 340 g/mol. The zero-order valence-corrected chi connectivity index (χ0v) is 13.9. The Morgan fingerprint density at radius 2 is 2.00 bits per heavy atom. The van der Waals surface area contributed by atoms with E-state index < -0.39 is 0 Å². The predicted molar refractivity (Wildman–Crippen MR) is 93.4 cm³/mol. The molecule has 6 nitrogen and oxygen atoms in total. The number of hydrogen-bond acceptors (Lipinski definition) is 6. The van der Waals surface area contributed by atoms with E-state index in [0.29, 0.717) is 28.7 Å². The van der Waals surface area contributed by atoms with Crippen molar-refractivity contribution >= 4 is 22.9 Å². The van der Waals surface area contributed by atoms with Crippen LogP contribution < -0.4 is 19.5 Å². The topological polar surface area (TPSA) is 69.7 Å². The number of anilines is 1. The molecule has 1 aliphatic rings. The van der Waals surface area contributed by atoms with Crippen molar-refractivity contribution in [2.75, 3.05) is 12.1 Å². The Morgan fingerprint density at radius 3 is 2.88 bits per heavy atom. The first-order valence-corrected chi connectivity index (χ1v) is 8.47. The van der Waals surface area contributed by atoms with E-state index in [-0.39, 0.29) is 12.7 Å². The van der Waals surface area contributed by atoms with Crippen molar-refractivity contribution in [3.05, 3.63) is 64.6 Å². The lowest BCUT2D eigenvalue weighted by Gasteiger charge is -2.05. The van der Waals surface area contributed by atoms with E-state index in [2.05, 4.69) is 10.3 Å². The number of amides is 1. The fourth-order valence-corrected chi connectivity index (χ4v) is 3.12. The molecule has 0 aliphatic carbocycles. The van der Waals surface area contributed by atoms with Crippen LogP contribution in [0.2, 0.25) is 0 Å². The van der Waals surface area contributed by atoms with Crippen LogP contribution in [0.4, 0.5) is 5.69 Å². The van der Waals surface area contributed by atoms with Crippen molar-refractivity contribution in [2.45, 2.75) is 6.61 Å². The van der Waals surface area contributed by atoms with E-state index >= 15 is 0 Å². The van der Waals surface area contributed by atoms with E-state index in [9.17, 15) is 4.79 Å². The average Bonchev–Trinajstić information content (AvgIpc) is 3.29. The molecule has 0 saturated carbocycles. The fourth-order valence-electron chi connectivity index (χ4n) is 2.33. The van der Waals surface area contributed by atoms with E-state index in [4.69, 9.17) is 14.2 Å². The second kappa shape index (κ2) is 6.82. The number of carbonyl (C=O) groups excluding carboxylic acids is 1. The molecule has 0 atom stereocenters. The minimum absolute atomic E-state index is 0.148. The van der Waals surface area contributed by atoms with Crippen LogP contribution in [-0.4, -0.2) is 17.7 Å². The molecule has 3 heterocycles. The summed E-state index contributed by atoms with van der Waals surface area (Å²) < 4.78 is 16.4. The smallest absolute Gasteiger partial charge is 0.265 e. The number of thiophene rings is 1. The Hall–Kier alpha value is -3.06. The van der Waals surface area contributed by atoms with Crippen LogP contribution in [0.5, 0.6) is 17.2 Å². The number of ether oxygens (including phenoxy) is 3. The summed E-state index contributed by atoms with van der Waals surface area (Å²) >= 11 is 1.38. The van der Waals surface area contributed by atoms with Crippen LogP contribution in [0.15, 0.2) is 54.2 Å². The maximum atomic E-state index is 12.2. The van der Waals surface area contributed by atoms with Crippen LogP contribution in [0.3, 0.4) is 0 Å². The van der Waals surface area contributed by atoms with Gasteiger partial charge in [-0.05, 0) is 35.7 Å². The highest BCUT2D eigenvalue weighted by Crippen LogP contribution is 2.35. The van der Waals surface area contributed by atoms with Gasteiger partial charge in [0.15, 0.2) is 11.5 Å². The number of hydrogen-bond donors (Lipinski definition) is 1. The molecule has 2 aromatic heterocycles. The molecule has 1 amide bonds. The van der Waals surface area contributed by atoms with Gasteiger partial charge in [0, 0.05) is 29.7 Å². The van der Waals surface area contributed by atoms with Gasteiger partial charge in [-0.2, -0.15) is 0 Å². The summed E-state index contributed by atoms with van der Waals surface area (Å²) in [6, 6.07) is 10.8. The van der Waals surface area contributed by atoms with Crippen LogP contribution >= 0.6 is 11.3 Å². The first-order chi connectivity index (χ1) is 12.3. The first-order valence-electron chi connectivity index (χ1n) is 7.59. The third-order valence-corrected chi connectivity index (χ3v) is 4.54. The van der Waals surface area contributed by atoms with Crippen LogP contribution in [0.25, 0.3) is 0 Å². The molecule has 0 radical (unpaired) electrons. The first kappa shape index (κ1) is 15.5. The Balaban J connectivity index is 1.37. The van der Waals surface area contributed by atoms with Crippen molar-refractivity contribution in [3.8, 4) is 17.2 Å². The summed E-state index contributed by atoms with van der Waals surface area (Å²) in [5.41, 5.74) is 1.65. The lowest BCUT2D eigenvalue weighted by atomic mass is 10.3. The normalized spacial score (nSPS) is 12.0. The van der Waals surface area contributed by atoms with Gasteiger partial charge in [-0.15, -0.1) is 11.3 Å². The van der Waals surface area contributed by atoms with Gasteiger partial charge in [0.25, 0.3) is 5.91 Å². The Bertz CT molecular complexity index is 895. The fraction of sp³-hybridized carbons (Fsp3) is 0.111. The number of pyridine rings is 1. The SMILES string of the molecule is O=C(Nc1ccncc1)c1cc(COc2ccc3c(c2)OCO3)cs1. The molecule has 1 N–H and O–H groups in total. The second-order valence-corrected chi connectivity index (χ2v) is 6.22. The van der Waals surface area contributed by atoms with E-state index in [0.717, 1.165) is 11.3 Å². The summed E-state index contributed by atoms with van der Waals surface area (Å²) in [6.07, 6.45) is 3.27. The summed E-state index contributed by atoms with van der Waals surface area (Å²) in [5, 5.41) is 4.74. The molecule has 3 aromatic rings. The zero-order chi connectivity index (χ0) is 17.1. The van der Waals surface area contributed by atoms with Gasteiger partial charge < -0.3 is 19.5 Å². The summed E-state index contributed by atoms with van der Waals surface area (Å²) in [7, 11) is 0. The summed E-state index contributed by atoms with van der Waals surface area (Å²) in [5.74, 6) is 1.95. The number of benzene rings is 1. The third kappa shape index (κ3) is 3.56. The number of nitrogens with zero attached hydrogens (tertiary/aromatic N) is 1. The molecular formula is C18H14N2O4S. The molecule has 0 fully saturated rings. The number of rotatable bonds is 5. The second-order valence-electron chi connectivity index (χ2n) is 5.31. The quantitative estimate of drug-likeness (QED) is 0.756. The zero-order valence-electron chi connectivity index (χ0n) is 13.1. The standard InChI is InChI=1S/C18H14N2O4S/c21-18(20-13-3-5-19-6-4-13)17-7-12(10-25-17)9-22-14-1-2-15-16(8-14)24-11-23-15/h1-8,10H,9,11H2,(H,19,20,21). The van der Waals surface area contributed by atoms with Crippen LogP contribution in [0, 0.1) is 0 Å². The molecule has 0 unspecified atom stereocenters. The maximum Gasteiger partial charge on any atom is 0.265 e. The van der Waals surface area contributed by atoms with Crippen molar-refractivity contribution in [1.82, 2.24) is 4.98 Å².